The van der Waals surface area contributed by atoms with Crippen molar-refractivity contribution in [3.63, 3.8) is 0 Å². The maximum atomic E-state index is 12.3. The number of benzene rings is 1. The number of hydrogen-bond acceptors (Lipinski definition) is 4. The molecule has 0 aliphatic heterocycles. The van der Waals surface area contributed by atoms with Crippen molar-refractivity contribution in [2.45, 2.75) is 12.5 Å². The summed E-state index contributed by atoms with van der Waals surface area (Å²) in [7, 11) is 0. The van der Waals surface area contributed by atoms with Crippen LogP contribution in [0.5, 0.6) is 0 Å². The molecule has 1 atom stereocenters. The number of carbonyl (C=O) groups is 1. The Balaban J connectivity index is 1.68. The zero-order valence-corrected chi connectivity index (χ0v) is 12.9. The third-order valence-corrected chi connectivity index (χ3v) is 5.34. The SMILES string of the molecule is O=C(NC(CO)Cc1ccccc1)c1cc2sccc2s1. The number of carbonyl (C=O) groups excluding carboxylic acids is 1. The first kappa shape index (κ1) is 14.3. The van der Waals surface area contributed by atoms with Gasteiger partial charge in [0.05, 0.1) is 17.5 Å². The van der Waals surface area contributed by atoms with E-state index < -0.39 is 0 Å². The topological polar surface area (TPSA) is 49.3 Å². The van der Waals surface area contributed by atoms with Gasteiger partial charge in [-0.05, 0) is 29.5 Å². The first-order valence-electron chi connectivity index (χ1n) is 6.69. The first-order valence-corrected chi connectivity index (χ1v) is 8.38. The molecule has 2 N–H and O–H groups in total. The largest absolute Gasteiger partial charge is 0.394 e. The van der Waals surface area contributed by atoms with Crippen molar-refractivity contribution in [1.82, 2.24) is 5.32 Å². The summed E-state index contributed by atoms with van der Waals surface area (Å²) in [6.45, 7) is -0.0691. The molecule has 0 fully saturated rings. The van der Waals surface area contributed by atoms with E-state index in [4.69, 9.17) is 0 Å². The van der Waals surface area contributed by atoms with Crippen molar-refractivity contribution in [2.24, 2.45) is 0 Å². The number of fused-ring (bicyclic) bond motifs is 1. The third kappa shape index (κ3) is 3.32. The summed E-state index contributed by atoms with van der Waals surface area (Å²) in [6.07, 6.45) is 0.628. The Labute approximate surface area is 130 Å². The van der Waals surface area contributed by atoms with Crippen LogP contribution in [-0.2, 0) is 6.42 Å². The van der Waals surface area contributed by atoms with Crippen molar-refractivity contribution in [2.75, 3.05) is 6.61 Å². The van der Waals surface area contributed by atoms with E-state index in [0.29, 0.717) is 11.3 Å². The lowest BCUT2D eigenvalue weighted by atomic mass is 10.1. The van der Waals surface area contributed by atoms with Gasteiger partial charge in [-0.2, -0.15) is 0 Å². The number of thiophene rings is 2. The highest BCUT2D eigenvalue weighted by atomic mass is 32.1. The highest BCUT2D eigenvalue weighted by Gasteiger charge is 2.16. The van der Waals surface area contributed by atoms with E-state index in [2.05, 4.69) is 5.32 Å². The molecule has 108 valence electrons. The Bertz CT molecular complexity index is 704. The van der Waals surface area contributed by atoms with Crippen LogP contribution < -0.4 is 5.32 Å². The molecule has 2 aromatic heterocycles. The molecule has 0 bridgehead atoms. The van der Waals surface area contributed by atoms with Gasteiger partial charge in [0.1, 0.15) is 0 Å². The fourth-order valence-corrected chi connectivity index (χ4v) is 4.21. The van der Waals surface area contributed by atoms with Crippen molar-refractivity contribution < 1.29 is 9.90 Å². The summed E-state index contributed by atoms with van der Waals surface area (Å²) < 4.78 is 2.27. The molecular formula is C16H15NO2S2. The van der Waals surface area contributed by atoms with E-state index in [-0.39, 0.29) is 18.6 Å². The molecule has 21 heavy (non-hydrogen) atoms. The van der Waals surface area contributed by atoms with Crippen LogP contribution in [0.4, 0.5) is 0 Å². The van der Waals surface area contributed by atoms with Crippen LogP contribution in [0.25, 0.3) is 9.40 Å². The maximum Gasteiger partial charge on any atom is 0.261 e. The summed E-state index contributed by atoms with van der Waals surface area (Å²) >= 11 is 3.12. The van der Waals surface area contributed by atoms with Crippen LogP contribution in [0, 0.1) is 0 Å². The van der Waals surface area contributed by atoms with Crippen molar-refractivity contribution in [3.05, 3.63) is 58.3 Å². The monoisotopic (exact) mass is 317 g/mol. The Hall–Kier alpha value is -1.69. The molecule has 0 saturated heterocycles. The Morgan fingerprint density at radius 1 is 1.19 bits per heavy atom. The van der Waals surface area contributed by atoms with Crippen LogP contribution in [0.2, 0.25) is 0 Å². The van der Waals surface area contributed by atoms with E-state index in [1.54, 1.807) is 11.3 Å². The first-order chi connectivity index (χ1) is 10.3. The fourth-order valence-electron chi connectivity index (χ4n) is 2.19. The molecule has 1 amide bonds. The standard InChI is InChI=1S/C16H15NO2S2/c18-10-12(8-11-4-2-1-3-5-11)17-16(19)15-9-14-13(21-15)6-7-20-14/h1-7,9,12,18H,8,10H2,(H,17,19). The molecule has 1 unspecified atom stereocenters. The molecular weight excluding hydrogens is 302 g/mol. The molecule has 0 aliphatic rings. The van der Waals surface area contributed by atoms with E-state index >= 15 is 0 Å². The number of aliphatic hydroxyl groups excluding tert-OH is 1. The smallest absolute Gasteiger partial charge is 0.261 e. The quantitative estimate of drug-likeness (QED) is 0.758. The normalized spacial score (nSPS) is 12.4. The molecule has 0 saturated carbocycles. The van der Waals surface area contributed by atoms with E-state index in [1.807, 2.05) is 47.8 Å². The van der Waals surface area contributed by atoms with Crippen molar-refractivity contribution in [1.29, 1.82) is 0 Å². The zero-order chi connectivity index (χ0) is 14.7. The van der Waals surface area contributed by atoms with Crippen LogP contribution in [0.1, 0.15) is 15.2 Å². The molecule has 3 nitrogen and oxygen atoms in total. The van der Waals surface area contributed by atoms with Crippen molar-refractivity contribution in [3.8, 4) is 0 Å². The predicted molar refractivity (Wildman–Crippen MR) is 88.2 cm³/mol. The number of aliphatic hydroxyl groups is 1. The van der Waals surface area contributed by atoms with Gasteiger partial charge in [-0.25, -0.2) is 0 Å². The summed E-state index contributed by atoms with van der Waals surface area (Å²) in [4.78, 5) is 13.0. The number of nitrogens with one attached hydrogen (secondary N) is 1. The number of rotatable bonds is 5. The molecule has 2 heterocycles. The van der Waals surface area contributed by atoms with E-state index in [1.165, 1.54) is 11.3 Å². The molecule has 0 radical (unpaired) electrons. The number of amides is 1. The lowest BCUT2D eigenvalue weighted by molar-refractivity contribution is 0.0920. The molecule has 3 aromatic rings. The zero-order valence-electron chi connectivity index (χ0n) is 11.3. The molecule has 3 rings (SSSR count). The predicted octanol–water partition coefficient (Wildman–Crippen LogP) is 3.30. The minimum atomic E-state index is -0.264. The lowest BCUT2D eigenvalue weighted by Crippen LogP contribution is -2.38. The Morgan fingerprint density at radius 3 is 2.71 bits per heavy atom. The highest BCUT2D eigenvalue weighted by Crippen LogP contribution is 2.29. The minimum Gasteiger partial charge on any atom is -0.394 e. The lowest BCUT2D eigenvalue weighted by Gasteiger charge is -2.15. The highest BCUT2D eigenvalue weighted by molar-refractivity contribution is 7.27. The Kier molecular flexibility index (Phi) is 4.34. The second kappa shape index (κ2) is 6.39. The van der Waals surface area contributed by atoms with Crippen LogP contribution in [-0.4, -0.2) is 23.7 Å². The number of hydrogen-bond donors (Lipinski definition) is 2. The van der Waals surface area contributed by atoms with Gasteiger partial charge in [0, 0.05) is 9.40 Å². The van der Waals surface area contributed by atoms with Crippen molar-refractivity contribution >= 4 is 38.0 Å². The third-order valence-electron chi connectivity index (χ3n) is 3.24. The summed E-state index contributed by atoms with van der Waals surface area (Å²) in [5, 5.41) is 14.4. The summed E-state index contributed by atoms with van der Waals surface area (Å²) in [5.74, 6) is -0.113. The second-order valence-corrected chi connectivity index (χ2v) is 6.83. The maximum absolute atomic E-state index is 12.3. The Morgan fingerprint density at radius 2 is 2.00 bits per heavy atom. The minimum absolute atomic E-state index is 0.0691. The molecule has 1 aromatic carbocycles. The van der Waals surface area contributed by atoms with Gasteiger partial charge in [0.15, 0.2) is 0 Å². The average molecular weight is 317 g/mol. The summed E-state index contributed by atoms with van der Waals surface area (Å²) in [5.41, 5.74) is 1.10. The van der Waals surface area contributed by atoms with Crippen LogP contribution >= 0.6 is 22.7 Å². The fraction of sp³-hybridized carbons (Fsp3) is 0.188. The second-order valence-electron chi connectivity index (χ2n) is 4.80. The van der Waals surface area contributed by atoms with Gasteiger partial charge in [-0.15, -0.1) is 22.7 Å². The van der Waals surface area contributed by atoms with Crippen LogP contribution in [0.15, 0.2) is 47.8 Å². The van der Waals surface area contributed by atoms with Gasteiger partial charge in [0.2, 0.25) is 0 Å². The summed E-state index contributed by atoms with van der Waals surface area (Å²) in [6, 6.07) is 13.5. The van der Waals surface area contributed by atoms with Gasteiger partial charge >= 0.3 is 0 Å². The van der Waals surface area contributed by atoms with Crippen LogP contribution in [0.3, 0.4) is 0 Å². The van der Waals surface area contributed by atoms with E-state index in [0.717, 1.165) is 15.0 Å². The molecule has 0 aliphatic carbocycles. The van der Waals surface area contributed by atoms with Gasteiger partial charge in [0.25, 0.3) is 5.91 Å². The van der Waals surface area contributed by atoms with Gasteiger partial charge in [-0.3, -0.25) is 4.79 Å². The van der Waals surface area contributed by atoms with Gasteiger partial charge in [-0.1, -0.05) is 30.3 Å². The molecule has 0 spiro atoms. The van der Waals surface area contributed by atoms with E-state index in [9.17, 15) is 9.90 Å². The average Bonchev–Trinajstić information content (AvgIpc) is 3.08. The molecule has 5 heteroatoms. The van der Waals surface area contributed by atoms with Gasteiger partial charge < -0.3 is 10.4 Å².